The van der Waals surface area contributed by atoms with Crippen molar-refractivity contribution in [2.45, 2.75) is 58.5 Å². The molecular weight excluding hydrogens is 376 g/mol. The predicted molar refractivity (Wildman–Crippen MR) is 121 cm³/mol. The molecular formula is C25H34N2O3. The molecule has 0 unspecified atom stereocenters. The molecule has 0 radical (unpaired) electrons. The average molecular weight is 411 g/mol. The molecule has 5 heteroatoms. The maximum Gasteiger partial charge on any atom is 0.243 e. The standard InChI is InChI=1S/C25H34N2O3/c1-5-19(3)26-25(29)23(6-2)27(17-16-20-10-8-7-9-11-20)24(28)18-21-12-14-22(30-4)15-13-21/h7-15,19,23H,5-6,16-18H2,1-4H3,(H,26,29)/t19-,23-/m1/s1. The Morgan fingerprint density at radius 1 is 0.967 bits per heavy atom. The van der Waals surface area contributed by atoms with Gasteiger partial charge in [0.05, 0.1) is 13.5 Å². The number of methoxy groups -OCH3 is 1. The fourth-order valence-electron chi connectivity index (χ4n) is 3.36. The normalized spacial score (nSPS) is 12.7. The molecule has 0 spiro atoms. The first-order valence-corrected chi connectivity index (χ1v) is 10.7. The zero-order chi connectivity index (χ0) is 21.9. The first-order chi connectivity index (χ1) is 14.5. The van der Waals surface area contributed by atoms with E-state index >= 15 is 0 Å². The SMILES string of the molecule is CC[C@@H](C)NC(=O)[C@@H](CC)N(CCc1ccccc1)C(=O)Cc1ccc(OC)cc1. The number of carbonyl (C=O) groups is 2. The molecule has 162 valence electrons. The third-order valence-corrected chi connectivity index (χ3v) is 5.39. The van der Waals surface area contributed by atoms with Crippen molar-refractivity contribution in [1.82, 2.24) is 10.2 Å². The van der Waals surface area contributed by atoms with Gasteiger partial charge in [0.25, 0.3) is 0 Å². The minimum Gasteiger partial charge on any atom is -0.497 e. The van der Waals surface area contributed by atoms with Gasteiger partial charge in [-0.25, -0.2) is 0 Å². The van der Waals surface area contributed by atoms with Crippen molar-refractivity contribution in [3.8, 4) is 5.75 Å². The van der Waals surface area contributed by atoms with E-state index in [-0.39, 0.29) is 24.3 Å². The van der Waals surface area contributed by atoms with Crippen molar-refractivity contribution >= 4 is 11.8 Å². The summed E-state index contributed by atoms with van der Waals surface area (Å²) in [6.07, 6.45) is 2.39. The number of rotatable bonds is 11. The second kappa shape index (κ2) is 12.0. The van der Waals surface area contributed by atoms with E-state index in [1.165, 1.54) is 0 Å². The Bertz CT molecular complexity index is 790. The fraction of sp³-hybridized carbons (Fsp3) is 0.440. The number of hydrogen-bond donors (Lipinski definition) is 1. The van der Waals surface area contributed by atoms with Crippen molar-refractivity contribution < 1.29 is 14.3 Å². The van der Waals surface area contributed by atoms with Gasteiger partial charge in [0.1, 0.15) is 11.8 Å². The molecule has 2 rings (SSSR count). The number of nitrogens with zero attached hydrogens (tertiary/aromatic N) is 1. The van der Waals surface area contributed by atoms with E-state index in [2.05, 4.69) is 5.32 Å². The zero-order valence-corrected chi connectivity index (χ0v) is 18.6. The minimum atomic E-state index is -0.478. The van der Waals surface area contributed by atoms with Gasteiger partial charge in [-0.2, -0.15) is 0 Å². The van der Waals surface area contributed by atoms with E-state index in [0.29, 0.717) is 19.4 Å². The number of nitrogens with one attached hydrogen (secondary N) is 1. The van der Waals surface area contributed by atoms with Crippen molar-refractivity contribution in [3.63, 3.8) is 0 Å². The predicted octanol–water partition coefficient (Wildman–Crippen LogP) is 4.00. The molecule has 1 N–H and O–H groups in total. The molecule has 0 aliphatic heterocycles. The van der Waals surface area contributed by atoms with Crippen LogP contribution in [-0.4, -0.2) is 42.5 Å². The first kappa shape index (κ1) is 23.5. The van der Waals surface area contributed by atoms with Crippen LogP contribution in [0.25, 0.3) is 0 Å². The van der Waals surface area contributed by atoms with E-state index in [1.54, 1.807) is 12.0 Å². The summed E-state index contributed by atoms with van der Waals surface area (Å²) in [6, 6.07) is 17.2. The zero-order valence-electron chi connectivity index (χ0n) is 18.6. The summed E-state index contributed by atoms with van der Waals surface area (Å²) >= 11 is 0. The molecule has 2 aromatic carbocycles. The lowest BCUT2D eigenvalue weighted by Gasteiger charge is -2.31. The van der Waals surface area contributed by atoms with Crippen LogP contribution in [0.2, 0.25) is 0 Å². The largest absolute Gasteiger partial charge is 0.497 e. The van der Waals surface area contributed by atoms with Crippen LogP contribution in [0.1, 0.15) is 44.7 Å². The highest BCUT2D eigenvalue weighted by Crippen LogP contribution is 2.15. The van der Waals surface area contributed by atoms with Crippen LogP contribution in [0.4, 0.5) is 0 Å². The van der Waals surface area contributed by atoms with E-state index in [4.69, 9.17) is 4.74 Å². The molecule has 0 saturated carbocycles. The van der Waals surface area contributed by atoms with Crippen molar-refractivity contribution in [2.24, 2.45) is 0 Å². The van der Waals surface area contributed by atoms with Crippen LogP contribution in [0, 0.1) is 0 Å². The molecule has 0 aromatic heterocycles. The first-order valence-electron chi connectivity index (χ1n) is 10.7. The van der Waals surface area contributed by atoms with Crippen molar-refractivity contribution in [2.75, 3.05) is 13.7 Å². The lowest BCUT2D eigenvalue weighted by Crippen LogP contribution is -2.52. The van der Waals surface area contributed by atoms with Crippen molar-refractivity contribution in [3.05, 3.63) is 65.7 Å². The summed E-state index contributed by atoms with van der Waals surface area (Å²) in [7, 11) is 1.62. The van der Waals surface area contributed by atoms with E-state index in [1.807, 2.05) is 75.4 Å². The Morgan fingerprint density at radius 3 is 2.20 bits per heavy atom. The number of hydrogen-bond acceptors (Lipinski definition) is 3. The van der Waals surface area contributed by atoms with Crippen molar-refractivity contribution in [1.29, 1.82) is 0 Å². The number of benzene rings is 2. The molecule has 0 fully saturated rings. The van der Waals surface area contributed by atoms with Crippen LogP contribution in [-0.2, 0) is 22.4 Å². The lowest BCUT2D eigenvalue weighted by atomic mass is 10.1. The molecule has 2 aromatic rings. The summed E-state index contributed by atoms with van der Waals surface area (Å²) in [5.41, 5.74) is 2.06. The summed E-state index contributed by atoms with van der Waals surface area (Å²) < 4.78 is 5.20. The second-order valence-electron chi connectivity index (χ2n) is 7.59. The fourth-order valence-corrected chi connectivity index (χ4v) is 3.36. The summed E-state index contributed by atoms with van der Waals surface area (Å²) in [4.78, 5) is 27.9. The Morgan fingerprint density at radius 2 is 1.63 bits per heavy atom. The second-order valence-corrected chi connectivity index (χ2v) is 7.59. The molecule has 2 atom stereocenters. The van der Waals surface area contributed by atoms with E-state index in [9.17, 15) is 9.59 Å². The van der Waals surface area contributed by atoms with Gasteiger partial charge in [-0.3, -0.25) is 9.59 Å². The Labute approximate surface area is 180 Å². The average Bonchev–Trinajstić information content (AvgIpc) is 2.77. The molecule has 2 amide bonds. The highest BCUT2D eigenvalue weighted by atomic mass is 16.5. The number of ether oxygens (including phenoxy) is 1. The topological polar surface area (TPSA) is 58.6 Å². The van der Waals surface area contributed by atoms with Gasteiger partial charge >= 0.3 is 0 Å². The highest BCUT2D eigenvalue weighted by molar-refractivity contribution is 5.88. The van der Waals surface area contributed by atoms with Gasteiger partial charge in [0.2, 0.25) is 11.8 Å². The lowest BCUT2D eigenvalue weighted by molar-refractivity contribution is -0.140. The van der Waals surface area contributed by atoms with Crippen LogP contribution >= 0.6 is 0 Å². The van der Waals surface area contributed by atoms with Crippen LogP contribution in [0.3, 0.4) is 0 Å². The molecule has 0 aliphatic rings. The van der Waals surface area contributed by atoms with Gasteiger partial charge < -0.3 is 15.0 Å². The molecule has 0 bridgehead atoms. The van der Waals surface area contributed by atoms with Crippen LogP contribution in [0.5, 0.6) is 5.75 Å². The van der Waals surface area contributed by atoms with Gasteiger partial charge in [-0.1, -0.05) is 56.3 Å². The van der Waals surface area contributed by atoms with E-state index < -0.39 is 6.04 Å². The molecule has 30 heavy (non-hydrogen) atoms. The molecule has 5 nitrogen and oxygen atoms in total. The van der Waals surface area contributed by atoms with Gasteiger partial charge in [0, 0.05) is 12.6 Å². The van der Waals surface area contributed by atoms with Gasteiger partial charge in [0.15, 0.2) is 0 Å². The van der Waals surface area contributed by atoms with E-state index in [0.717, 1.165) is 23.3 Å². The quantitative estimate of drug-likeness (QED) is 0.609. The Hall–Kier alpha value is -2.82. The number of carbonyl (C=O) groups excluding carboxylic acids is 2. The summed E-state index contributed by atoms with van der Waals surface area (Å²) in [6.45, 7) is 6.48. The third-order valence-electron chi connectivity index (χ3n) is 5.39. The highest BCUT2D eigenvalue weighted by Gasteiger charge is 2.28. The summed E-state index contributed by atoms with van der Waals surface area (Å²) in [5.74, 6) is 0.636. The maximum absolute atomic E-state index is 13.3. The maximum atomic E-state index is 13.3. The Kier molecular flexibility index (Phi) is 9.39. The van der Waals surface area contributed by atoms with Gasteiger partial charge in [-0.05, 0) is 49.4 Å². The minimum absolute atomic E-state index is 0.0396. The molecule has 0 aliphatic carbocycles. The molecule has 0 heterocycles. The van der Waals surface area contributed by atoms with Gasteiger partial charge in [-0.15, -0.1) is 0 Å². The Balaban J connectivity index is 2.18. The van der Waals surface area contributed by atoms with Crippen LogP contribution in [0.15, 0.2) is 54.6 Å². The summed E-state index contributed by atoms with van der Waals surface area (Å²) in [5, 5.41) is 3.04. The molecule has 0 saturated heterocycles. The third kappa shape index (κ3) is 6.90. The van der Waals surface area contributed by atoms with Crippen LogP contribution < -0.4 is 10.1 Å². The monoisotopic (exact) mass is 410 g/mol. The number of amides is 2. The smallest absolute Gasteiger partial charge is 0.243 e.